The minimum absolute atomic E-state index is 0.157. The zero-order chi connectivity index (χ0) is 19.5. The molecule has 0 atom stereocenters. The summed E-state index contributed by atoms with van der Waals surface area (Å²) in [5.74, 6) is -1.01. The maximum atomic E-state index is 12.5. The highest BCUT2D eigenvalue weighted by molar-refractivity contribution is 6.06. The summed E-state index contributed by atoms with van der Waals surface area (Å²) >= 11 is 0. The molecule has 2 N–H and O–H groups in total. The molecule has 28 heavy (non-hydrogen) atoms. The van der Waals surface area contributed by atoms with Gasteiger partial charge in [-0.25, -0.2) is 4.79 Å². The van der Waals surface area contributed by atoms with Crippen molar-refractivity contribution in [3.05, 3.63) is 66.2 Å². The van der Waals surface area contributed by atoms with Gasteiger partial charge in [-0.15, -0.1) is 10.2 Å². The first kappa shape index (κ1) is 17.5. The number of carbonyl (C=O) groups is 2. The van der Waals surface area contributed by atoms with E-state index in [2.05, 4.69) is 20.5 Å². The normalized spacial score (nSPS) is 10.8. The molecule has 4 aromatic rings. The number of rotatable bonds is 5. The SMILES string of the molecule is CCOC(=O)c1nnc(-c2cccc(NC(=O)c3cc4ccccc4[nH]3)c2)o1. The fraction of sp³-hybridized carbons (Fsp3) is 0.100. The topological polar surface area (TPSA) is 110 Å². The van der Waals surface area contributed by atoms with Crippen molar-refractivity contribution >= 4 is 28.5 Å². The second-order valence-corrected chi connectivity index (χ2v) is 5.94. The van der Waals surface area contributed by atoms with Gasteiger partial charge in [0.05, 0.1) is 6.61 Å². The minimum Gasteiger partial charge on any atom is -0.459 e. The Balaban J connectivity index is 1.53. The molecule has 2 heterocycles. The Hall–Kier alpha value is -3.94. The largest absolute Gasteiger partial charge is 0.459 e. The lowest BCUT2D eigenvalue weighted by Gasteiger charge is -2.05. The molecule has 2 aromatic heterocycles. The van der Waals surface area contributed by atoms with Gasteiger partial charge in [0.25, 0.3) is 5.91 Å². The summed E-state index contributed by atoms with van der Waals surface area (Å²) in [6, 6.07) is 16.3. The second kappa shape index (κ2) is 7.36. The van der Waals surface area contributed by atoms with Crippen molar-refractivity contribution in [1.82, 2.24) is 15.2 Å². The zero-order valence-corrected chi connectivity index (χ0v) is 14.9. The molecule has 0 aliphatic rings. The van der Waals surface area contributed by atoms with E-state index in [0.717, 1.165) is 10.9 Å². The zero-order valence-electron chi connectivity index (χ0n) is 14.9. The van der Waals surface area contributed by atoms with E-state index in [1.807, 2.05) is 24.3 Å². The highest BCUT2D eigenvalue weighted by Gasteiger charge is 2.17. The predicted molar refractivity (Wildman–Crippen MR) is 102 cm³/mol. The number of anilines is 1. The third-order valence-electron chi connectivity index (χ3n) is 4.02. The van der Waals surface area contributed by atoms with Crippen molar-refractivity contribution in [2.24, 2.45) is 0 Å². The molecular formula is C20H16N4O4. The summed E-state index contributed by atoms with van der Waals surface area (Å²) in [5.41, 5.74) is 2.46. The molecule has 0 saturated heterocycles. The molecule has 8 heteroatoms. The first-order chi connectivity index (χ1) is 13.6. The predicted octanol–water partition coefficient (Wildman–Crippen LogP) is 3.65. The van der Waals surface area contributed by atoms with Gasteiger partial charge in [-0.3, -0.25) is 4.79 Å². The van der Waals surface area contributed by atoms with Crippen molar-refractivity contribution in [1.29, 1.82) is 0 Å². The Morgan fingerprint density at radius 3 is 2.79 bits per heavy atom. The number of carbonyl (C=O) groups excluding carboxylic acids is 2. The number of H-pyrrole nitrogens is 1. The van der Waals surface area contributed by atoms with Crippen molar-refractivity contribution < 1.29 is 18.7 Å². The van der Waals surface area contributed by atoms with Crippen LogP contribution in [0, 0.1) is 0 Å². The van der Waals surface area contributed by atoms with Gasteiger partial charge in [-0.2, -0.15) is 0 Å². The van der Waals surface area contributed by atoms with Crippen molar-refractivity contribution in [3.63, 3.8) is 0 Å². The van der Waals surface area contributed by atoms with Gasteiger partial charge in [-0.1, -0.05) is 24.3 Å². The van der Waals surface area contributed by atoms with Crippen LogP contribution >= 0.6 is 0 Å². The molecule has 2 aromatic carbocycles. The number of amides is 1. The molecule has 0 unspecified atom stereocenters. The van der Waals surface area contributed by atoms with E-state index < -0.39 is 5.97 Å². The molecule has 140 valence electrons. The highest BCUT2D eigenvalue weighted by Crippen LogP contribution is 2.23. The number of hydrogen-bond donors (Lipinski definition) is 2. The molecule has 0 fully saturated rings. The van der Waals surface area contributed by atoms with Crippen LogP contribution in [-0.4, -0.2) is 33.7 Å². The number of nitrogens with one attached hydrogen (secondary N) is 2. The van der Waals surface area contributed by atoms with Crippen LogP contribution in [-0.2, 0) is 4.74 Å². The minimum atomic E-state index is -0.676. The lowest BCUT2D eigenvalue weighted by molar-refractivity contribution is 0.0481. The molecule has 0 bridgehead atoms. The number of hydrogen-bond acceptors (Lipinski definition) is 6. The highest BCUT2D eigenvalue weighted by atomic mass is 16.5. The Morgan fingerprint density at radius 1 is 1.11 bits per heavy atom. The van der Waals surface area contributed by atoms with Crippen LogP contribution in [0.4, 0.5) is 5.69 Å². The Kier molecular flexibility index (Phi) is 4.59. The summed E-state index contributed by atoms with van der Waals surface area (Å²) in [5, 5.41) is 11.3. The van der Waals surface area contributed by atoms with Crippen LogP contribution in [0.5, 0.6) is 0 Å². The molecule has 0 spiro atoms. The number of para-hydroxylation sites is 1. The van der Waals surface area contributed by atoms with Crippen molar-refractivity contribution in [2.45, 2.75) is 6.92 Å². The number of esters is 1. The van der Waals surface area contributed by atoms with E-state index in [9.17, 15) is 9.59 Å². The van der Waals surface area contributed by atoms with Gasteiger partial charge in [0.15, 0.2) is 0 Å². The van der Waals surface area contributed by atoms with Gasteiger partial charge < -0.3 is 19.5 Å². The van der Waals surface area contributed by atoms with Crippen LogP contribution in [0.3, 0.4) is 0 Å². The lowest BCUT2D eigenvalue weighted by atomic mass is 10.2. The smallest absolute Gasteiger partial charge is 0.396 e. The number of nitrogens with zero attached hydrogens (tertiary/aromatic N) is 2. The molecule has 4 rings (SSSR count). The van der Waals surface area contributed by atoms with Crippen LogP contribution in [0.25, 0.3) is 22.4 Å². The van der Waals surface area contributed by atoms with E-state index in [-0.39, 0.29) is 24.3 Å². The van der Waals surface area contributed by atoms with Gasteiger partial charge in [0.1, 0.15) is 5.69 Å². The summed E-state index contributed by atoms with van der Waals surface area (Å²) in [6.45, 7) is 1.90. The van der Waals surface area contributed by atoms with E-state index >= 15 is 0 Å². The Labute approximate surface area is 159 Å². The van der Waals surface area contributed by atoms with Gasteiger partial charge in [-0.05, 0) is 37.3 Å². The lowest BCUT2D eigenvalue weighted by Crippen LogP contribution is -2.12. The standard InChI is InChI=1S/C20H16N4O4/c1-2-27-20(26)19-24-23-18(28-19)13-7-5-8-14(10-13)21-17(25)16-11-12-6-3-4-9-15(12)22-16/h3-11,22H,2H2,1H3,(H,21,25). The van der Waals surface area contributed by atoms with Crippen LogP contribution < -0.4 is 5.32 Å². The maximum absolute atomic E-state index is 12.5. The molecular weight excluding hydrogens is 360 g/mol. The molecule has 0 saturated carbocycles. The molecule has 0 aliphatic carbocycles. The average Bonchev–Trinajstić information content (AvgIpc) is 3.36. The first-order valence-electron chi connectivity index (χ1n) is 8.64. The van der Waals surface area contributed by atoms with Crippen LogP contribution in [0.15, 0.2) is 59.0 Å². The Bertz CT molecular complexity index is 1130. The number of aromatic amines is 1. The van der Waals surface area contributed by atoms with Crippen LogP contribution in [0.1, 0.15) is 28.1 Å². The molecule has 8 nitrogen and oxygen atoms in total. The van der Waals surface area contributed by atoms with Gasteiger partial charge in [0.2, 0.25) is 5.89 Å². The van der Waals surface area contributed by atoms with Gasteiger partial charge in [0, 0.05) is 22.2 Å². The van der Waals surface area contributed by atoms with E-state index in [4.69, 9.17) is 9.15 Å². The second-order valence-electron chi connectivity index (χ2n) is 5.94. The summed E-state index contributed by atoms with van der Waals surface area (Å²) in [7, 11) is 0. The Morgan fingerprint density at radius 2 is 1.96 bits per heavy atom. The third kappa shape index (κ3) is 3.48. The number of fused-ring (bicyclic) bond motifs is 1. The van der Waals surface area contributed by atoms with E-state index in [0.29, 0.717) is 16.9 Å². The fourth-order valence-corrected chi connectivity index (χ4v) is 2.74. The monoisotopic (exact) mass is 376 g/mol. The quantitative estimate of drug-likeness (QED) is 0.515. The van der Waals surface area contributed by atoms with Gasteiger partial charge >= 0.3 is 11.9 Å². The first-order valence-corrected chi connectivity index (χ1v) is 8.64. The van der Waals surface area contributed by atoms with E-state index in [1.165, 1.54) is 0 Å². The third-order valence-corrected chi connectivity index (χ3v) is 4.02. The molecule has 0 aliphatic heterocycles. The maximum Gasteiger partial charge on any atom is 0.396 e. The van der Waals surface area contributed by atoms with Crippen molar-refractivity contribution in [3.8, 4) is 11.5 Å². The number of aromatic nitrogens is 3. The number of ether oxygens (including phenoxy) is 1. The summed E-state index contributed by atoms with van der Waals surface area (Å²) in [4.78, 5) is 27.3. The average molecular weight is 376 g/mol. The number of benzene rings is 2. The summed E-state index contributed by atoms with van der Waals surface area (Å²) < 4.78 is 10.2. The molecule has 1 amide bonds. The van der Waals surface area contributed by atoms with Crippen molar-refractivity contribution in [2.75, 3.05) is 11.9 Å². The summed E-state index contributed by atoms with van der Waals surface area (Å²) in [6.07, 6.45) is 0. The van der Waals surface area contributed by atoms with E-state index in [1.54, 1.807) is 37.3 Å². The molecule has 0 radical (unpaired) electrons. The fourth-order valence-electron chi connectivity index (χ4n) is 2.74. The van der Waals surface area contributed by atoms with Crippen LogP contribution in [0.2, 0.25) is 0 Å².